The van der Waals surface area contributed by atoms with Crippen molar-refractivity contribution in [3.05, 3.63) is 22.4 Å². The van der Waals surface area contributed by atoms with E-state index in [1.165, 1.54) is 31.2 Å². The molecule has 1 aromatic heterocycles. The van der Waals surface area contributed by atoms with Crippen molar-refractivity contribution < 1.29 is 0 Å². The molecular formula is C14H23NS. The maximum Gasteiger partial charge on any atom is 0.00705 e. The summed E-state index contributed by atoms with van der Waals surface area (Å²) < 4.78 is 0. The van der Waals surface area contributed by atoms with Gasteiger partial charge in [0.25, 0.3) is 0 Å². The van der Waals surface area contributed by atoms with E-state index in [1.54, 1.807) is 11.3 Å². The molecule has 0 aromatic carbocycles. The van der Waals surface area contributed by atoms with Crippen LogP contribution in [0.4, 0.5) is 0 Å². The average Bonchev–Trinajstić information content (AvgIpc) is 2.73. The zero-order valence-electron chi connectivity index (χ0n) is 10.4. The van der Waals surface area contributed by atoms with Crippen LogP contribution < -0.4 is 5.73 Å². The van der Waals surface area contributed by atoms with Crippen molar-refractivity contribution in [2.24, 2.45) is 23.5 Å². The quantitative estimate of drug-likeness (QED) is 0.852. The molecular weight excluding hydrogens is 214 g/mol. The summed E-state index contributed by atoms with van der Waals surface area (Å²) in [7, 11) is 0. The van der Waals surface area contributed by atoms with Gasteiger partial charge in [0.05, 0.1) is 0 Å². The molecule has 2 heteroatoms. The lowest BCUT2D eigenvalue weighted by Crippen LogP contribution is -2.38. The van der Waals surface area contributed by atoms with Gasteiger partial charge in [-0.05, 0) is 65.8 Å². The highest BCUT2D eigenvalue weighted by Crippen LogP contribution is 2.34. The standard InChI is InChI=1S/C14H23NS/c1-10(2)12-3-4-14(15)13(8-12)7-11-5-6-16-9-11/h5-6,9-10,12-14H,3-4,7-8,15H2,1-2H3. The predicted octanol–water partition coefficient (Wildman–Crippen LogP) is 3.69. The Kier molecular flexibility index (Phi) is 4.04. The number of rotatable bonds is 3. The predicted molar refractivity (Wildman–Crippen MR) is 71.7 cm³/mol. The molecule has 1 aliphatic carbocycles. The lowest BCUT2D eigenvalue weighted by molar-refractivity contribution is 0.189. The average molecular weight is 237 g/mol. The molecule has 1 nitrogen and oxygen atoms in total. The van der Waals surface area contributed by atoms with Crippen LogP contribution in [0.1, 0.15) is 38.7 Å². The Morgan fingerprint density at radius 1 is 1.44 bits per heavy atom. The first kappa shape index (κ1) is 12.1. The first-order valence-electron chi connectivity index (χ1n) is 6.43. The van der Waals surface area contributed by atoms with Gasteiger partial charge < -0.3 is 5.73 Å². The molecule has 16 heavy (non-hydrogen) atoms. The van der Waals surface area contributed by atoms with E-state index in [0.717, 1.165) is 11.8 Å². The van der Waals surface area contributed by atoms with E-state index in [1.807, 2.05) is 0 Å². The number of hydrogen-bond donors (Lipinski definition) is 1. The molecule has 90 valence electrons. The Bertz CT molecular complexity index is 305. The first-order chi connectivity index (χ1) is 7.66. The minimum atomic E-state index is 0.426. The molecule has 0 aliphatic heterocycles. The van der Waals surface area contributed by atoms with Gasteiger partial charge in [-0.3, -0.25) is 0 Å². The molecule has 1 fully saturated rings. The summed E-state index contributed by atoms with van der Waals surface area (Å²) in [6, 6.07) is 2.67. The van der Waals surface area contributed by atoms with E-state index in [9.17, 15) is 0 Å². The van der Waals surface area contributed by atoms with Crippen molar-refractivity contribution in [2.75, 3.05) is 0 Å². The molecule has 3 atom stereocenters. The molecule has 1 aliphatic rings. The molecule has 2 N–H and O–H groups in total. The fourth-order valence-corrected chi connectivity index (χ4v) is 3.56. The second-order valence-electron chi connectivity index (χ2n) is 5.58. The molecule has 3 unspecified atom stereocenters. The fourth-order valence-electron chi connectivity index (χ4n) is 2.88. The first-order valence-corrected chi connectivity index (χ1v) is 7.37. The minimum absolute atomic E-state index is 0.426. The maximum atomic E-state index is 6.26. The van der Waals surface area contributed by atoms with Crippen molar-refractivity contribution >= 4 is 11.3 Å². The van der Waals surface area contributed by atoms with E-state index in [-0.39, 0.29) is 0 Å². The van der Waals surface area contributed by atoms with Gasteiger partial charge in [-0.25, -0.2) is 0 Å². The molecule has 1 saturated carbocycles. The minimum Gasteiger partial charge on any atom is -0.327 e. The molecule has 0 radical (unpaired) electrons. The van der Waals surface area contributed by atoms with Crippen molar-refractivity contribution in [3.8, 4) is 0 Å². The van der Waals surface area contributed by atoms with Gasteiger partial charge >= 0.3 is 0 Å². The summed E-state index contributed by atoms with van der Waals surface area (Å²) in [5.74, 6) is 2.41. The van der Waals surface area contributed by atoms with Crippen molar-refractivity contribution in [3.63, 3.8) is 0 Å². The van der Waals surface area contributed by atoms with E-state index in [2.05, 4.69) is 30.7 Å². The Balaban J connectivity index is 1.96. The Hall–Kier alpha value is -0.340. The maximum absolute atomic E-state index is 6.26. The van der Waals surface area contributed by atoms with E-state index in [0.29, 0.717) is 12.0 Å². The van der Waals surface area contributed by atoms with Crippen molar-refractivity contribution in [2.45, 2.75) is 45.6 Å². The van der Waals surface area contributed by atoms with Gasteiger partial charge in [-0.2, -0.15) is 11.3 Å². The lowest BCUT2D eigenvalue weighted by atomic mass is 9.72. The third kappa shape index (κ3) is 2.86. The van der Waals surface area contributed by atoms with Gasteiger partial charge in [-0.1, -0.05) is 13.8 Å². The lowest BCUT2D eigenvalue weighted by Gasteiger charge is -2.36. The van der Waals surface area contributed by atoms with Crippen LogP contribution >= 0.6 is 11.3 Å². The third-order valence-electron chi connectivity index (χ3n) is 4.10. The highest BCUT2D eigenvalue weighted by molar-refractivity contribution is 7.07. The van der Waals surface area contributed by atoms with Crippen LogP contribution in [0, 0.1) is 17.8 Å². The zero-order chi connectivity index (χ0) is 11.5. The Labute approximate surface area is 103 Å². The van der Waals surface area contributed by atoms with E-state index in [4.69, 9.17) is 5.73 Å². The molecule has 1 aromatic rings. The van der Waals surface area contributed by atoms with Gasteiger partial charge in [-0.15, -0.1) is 0 Å². The SMILES string of the molecule is CC(C)C1CCC(N)C(Cc2ccsc2)C1. The van der Waals surface area contributed by atoms with Crippen LogP contribution in [0.3, 0.4) is 0 Å². The number of nitrogens with two attached hydrogens (primary N) is 1. The van der Waals surface area contributed by atoms with Gasteiger partial charge in [0.15, 0.2) is 0 Å². The molecule has 0 bridgehead atoms. The monoisotopic (exact) mass is 237 g/mol. The number of hydrogen-bond acceptors (Lipinski definition) is 2. The highest BCUT2D eigenvalue weighted by Gasteiger charge is 2.29. The largest absolute Gasteiger partial charge is 0.327 e. The third-order valence-corrected chi connectivity index (χ3v) is 4.83. The van der Waals surface area contributed by atoms with Gasteiger partial charge in [0.1, 0.15) is 0 Å². The topological polar surface area (TPSA) is 26.0 Å². The summed E-state index contributed by atoms with van der Waals surface area (Å²) in [5.41, 5.74) is 7.74. The molecule has 0 saturated heterocycles. The van der Waals surface area contributed by atoms with Crippen LogP contribution in [0.15, 0.2) is 16.8 Å². The summed E-state index contributed by atoms with van der Waals surface area (Å²) in [6.45, 7) is 4.70. The van der Waals surface area contributed by atoms with Gasteiger partial charge in [0.2, 0.25) is 0 Å². The summed E-state index contributed by atoms with van der Waals surface area (Å²) in [5, 5.41) is 4.44. The normalized spacial score (nSPS) is 30.9. The van der Waals surface area contributed by atoms with Gasteiger partial charge in [0, 0.05) is 6.04 Å². The zero-order valence-corrected chi connectivity index (χ0v) is 11.2. The van der Waals surface area contributed by atoms with E-state index >= 15 is 0 Å². The highest BCUT2D eigenvalue weighted by atomic mass is 32.1. The number of thiophene rings is 1. The molecule has 0 amide bonds. The van der Waals surface area contributed by atoms with Crippen LogP contribution in [-0.2, 0) is 6.42 Å². The second kappa shape index (κ2) is 5.33. The van der Waals surface area contributed by atoms with Crippen molar-refractivity contribution in [1.29, 1.82) is 0 Å². The second-order valence-corrected chi connectivity index (χ2v) is 6.36. The summed E-state index contributed by atoms with van der Waals surface area (Å²) >= 11 is 1.80. The fraction of sp³-hybridized carbons (Fsp3) is 0.714. The van der Waals surface area contributed by atoms with Crippen LogP contribution in [0.2, 0.25) is 0 Å². The molecule has 1 heterocycles. The summed E-state index contributed by atoms with van der Waals surface area (Å²) in [6.07, 6.45) is 5.07. The van der Waals surface area contributed by atoms with E-state index < -0.39 is 0 Å². The Morgan fingerprint density at radius 2 is 2.25 bits per heavy atom. The Morgan fingerprint density at radius 3 is 2.88 bits per heavy atom. The smallest absolute Gasteiger partial charge is 0.00705 e. The van der Waals surface area contributed by atoms with Crippen molar-refractivity contribution in [1.82, 2.24) is 0 Å². The molecule has 2 rings (SSSR count). The van der Waals surface area contributed by atoms with Crippen LogP contribution in [-0.4, -0.2) is 6.04 Å². The molecule has 0 spiro atoms. The van der Waals surface area contributed by atoms with Crippen LogP contribution in [0.5, 0.6) is 0 Å². The summed E-state index contributed by atoms with van der Waals surface area (Å²) in [4.78, 5) is 0. The van der Waals surface area contributed by atoms with Crippen LogP contribution in [0.25, 0.3) is 0 Å².